The number of nitrogens with zero attached hydrogens (tertiary/aromatic N) is 7. The third kappa shape index (κ3) is 6.06. The fraction of sp³-hybridized carbons (Fsp3) is 0.250. The number of aliphatic hydroxyl groups excluding tert-OH is 1. The molecule has 0 aliphatic heterocycles. The third-order valence-electron chi connectivity index (χ3n) is 5.44. The van der Waals surface area contributed by atoms with Crippen molar-refractivity contribution in [1.29, 1.82) is 0 Å². The molecule has 4 aromatic rings. The highest BCUT2D eigenvalue weighted by Gasteiger charge is 2.39. The number of ketones is 1. The van der Waals surface area contributed by atoms with Gasteiger partial charge in [-0.1, -0.05) is 17.7 Å². The van der Waals surface area contributed by atoms with Gasteiger partial charge >= 0.3 is 11.9 Å². The molecule has 1 N–H and O–H groups in total. The summed E-state index contributed by atoms with van der Waals surface area (Å²) in [6, 6.07) is 9.35. The fourth-order valence-electron chi connectivity index (χ4n) is 3.61. The Bertz CT molecular complexity index is 1510. The van der Waals surface area contributed by atoms with Gasteiger partial charge in [0.05, 0.1) is 24.3 Å². The molecule has 10 nitrogen and oxygen atoms in total. The molecule has 3 heterocycles. The molecular formula is C24H21ClF3N7O3. The molecule has 0 aliphatic carbocycles. The number of carbonyl (C=O) groups excluding carboxylic acids is 1. The maximum absolute atomic E-state index is 13.1. The van der Waals surface area contributed by atoms with E-state index < -0.39 is 24.5 Å². The number of pyridine rings is 1. The zero-order valence-corrected chi connectivity index (χ0v) is 20.5. The highest BCUT2D eigenvalue weighted by molar-refractivity contribution is 6.30. The summed E-state index contributed by atoms with van der Waals surface area (Å²) in [5.74, 6) is -0.0548. The van der Waals surface area contributed by atoms with E-state index in [4.69, 9.17) is 11.6 Å². The zero-order chi connectivity index (χ0) is 27.4. The van der Waals surface area contributed by atoms with Crippen LogP contribution in [0.3, 0.4) is 0 Å². The first-order valence-corrected chi connectivity index (χ1v) is 11.6. The van der Waals surface area contributed by atoms with E-state index in [-0.39, 0.29) is 36.8 Å². The number of rotatable bonds is 10. The van der Waals surface area contributed by atoms with Crippen molar-refractivity contribution in [2.75, 3.05) is 0 Å². The topological polar surface area (TPSA) is 121 Å². The molecule has 3 aromatic heterocycles. The van der Waals surface area contributed by atoms with E-state index >= 15 is 0 Å². The molecule has 0 radical (unpaired) electrons. The van der Waals surface area contributed by atoms with E-state index in [1.807, 2.05) is 0 Å². The molecule has 0 bridgehead atoms. The number of allylic oxidation sites excluding steroid dienone is 1. The molecule has 4 rings (SSSR count). The maximum atomic E-state index is 13.1. The number of Topliss-reactive ketones (excluding diaryl/α,β-unsaturated/α-hetero) is 1. The van der Waals surface area contributed by atoms with Crippen LogP contribution < -0.4 is 5.69 Å². The van der Waals surface area contributed by atoms with Gasteiger partial charge in [-0.25, -0.2) is 19.1 Å². The van der Waals surface area contributed by atoms with E-state index in [0.29, 0.717) is 22.0 Å². The number of halogens is 4. The van der Waals surface area contributed by atoms with Crippen molar-refractivity contribution >= 4 is 17.4 Å². The van der Waals surface area contributed by atoms with Crippen molar-refractivity contribution in [2.24, 2.45) is 0 Å². The summed E-state index contributed by atoms with van der Waals surface area (Å²) in [6.07, 6.45) is -3.08. The monoisotopic (exact) mass is 547 g/mol. The zero-order valence-electron chi connectivity index (χ0n) is 19.7. The second kappa shape index (κ2) is 11.1. The summed E-state index contributed by atoms with van der Waals surface area (Å²) in [5.41, 5.74) is 0.383. The molecule has 0 saturated carbocycles. The van der Waals surface area contributed by atoms with Crippen LogP contribution in [0.1, 0.15) is 17.9 Å². The molecule has 0 spiro atoms. The van der Waals surface area contributed by atoms with Gasteiger partial charge in [0.2, 0.25) is 0 Å². The Morgan fingerprint density at radius 3 is 2.58 bits per heavy atom. The molecule has 0 saturated heterocycles. The van der Waals surface area contributed by atoms with Crippen molar-refractivity contribution < 1.29 is 23.1 Å². The molecule has 38 heavy (non-hydrogen) atoms. The van der Waals surface area contributed by atoms with Crippen LogP contribution in [0.2, 0.25) is 5.02 Å². The molecule has 1 aromatic carbocycles. The number of carbonyl (C=O) groups is 1. The Hall–Kier alpha value is -4.10. The smallest absolute Gasteiger partial charge is 0.382 e. The van der Waals surface area contributed by atoms with E-state index in [9.17, 15) is 27.9 Å². The van der Waals surface area contributed by atoms with Crippen LogP contribution in [0.15, 0.2) is 66.4 Å². The van der Waals surface area contributed by atoms with Gasteiger partial charge in [-0.15, -0.1) is 16.8 Å². The van der Waals surface area contributed by atoms with Crippen molar-refractivity contribution in [3.8, 4) is 17.1 Å². The van der Waals surface area contributed by atoms with Crippen molar-refractivity contribution in [3.05, 3.63) is 88.6 Å². The lowest BCUT2D eigenvalue weighted by Gasteiger charge is -2.15. The van der Waals surface area contributed by atoms with E-state index in [1.54, 1.807) is 12.1 Å². The molecule has 0 fully saturated rings. The summed E-state index contributed by atoms with van der Waals surface area (Å²) < 4.78 is 42.2. The Kier molecular flexibility index (Phi) is 7.88. The minimum Gasteiger partial charge on any atom is -0.382 e. The standard InChI is InChI=1S/C24H21ClF3N7O3/c1-2-4-17(36)11-18-19(5-3-10-29-18)35-14-30-21(31-35)13-34-23(38)33(12-20(37)24(26,27)28)22(32-34)15-6-8-16(25)9-7-15/h2-3,5-10,14,20,37H,1,4,11-13H2/t20-/m0/s1. The van der Waals surface area contributed by atoms with Crippen LogP contribution >= 0.6 is 11.6 Å². The summed E-state index contributed by atoms with van der Waals surface area (Å²) >= 11 is 5.91. The van der Waals surface area contributed by atoms with Crippen LogP contribution in [0.5, 0.6) is 0 Å². The maximum Gasteiger partial charge on any atom is 0.416 e. The summed E-state index contributed by atoms with van der Waals surface area (Å²) in [7, 11) is 0. The molecule has 1 atom stereocenters. The van der Waals surface area contributed by atoms with Crippen LogP contribution in [0.25, 0.3) is 17.1 Å². The van der Waals surface area contributed by atoms with Gasteiger partial charge in [-0.05, 0) is 36.4 Å². The molecule has 0 amide bonds. The lowest BCUT2D eigenvalue weighted by Crippen LogP contribution is -2.37. The Balaban J connectivity index is 1.66. The van der Waals surface area contributed by atoms with Gasteiger partial charge in [0.1, 0.15) is 18.7 Å². The second-order valence-corrected chi connectivity index (χ2v) is 8.66. The number of hydrogen-bond donors (Lipinski definition) is 1. The van der Waals surface area contributed by atoms with E-state index in [1.165, 1.54) is 47.5 Å². The largest absolute Gasteiger partial charge is 0.416 e. The van der Waals surface area contributed by atoms with Crippen LogP contribution in [0.4, 0.5) is 13.2 Å². The summed E-state index contributed by atoms with van der Waals surface area (Å²) in [4.78, 5) is 33.6. The van der Waals surface area contributed by atoms with Crippen LogP contribution in [-0.2, 0) is 24.3 Å². The average Bonchev–Trinajstić information content (AvgIpc) is 3.45. The van der Waals surface area contributed by atoms with E-state index in [0.717, 1.165) is 9.25 Å². The van der Waals surface area contributed by atoms with Crippen molar-refractivity contribution in [1.82, 2.24) is 34.1 Å². The molecule has 14 heteroatoms. The van der Waals surface area contributed by atoms with Crippen molar-refractivity contribution in [2.45, 2.75) is 38.2 Å². The number of aliphatic hydroxyl groups is 1. The van der Waals surface area contributed by atoms with E-state index in [2.05, 4.69) is 26.7 Å². The fourth-order valence-corrected chi connectivity index (χ4v) is 3.74. The van der Waals surface area contributed by atoms with Gasteiger partial charge in [-0.2, -0.15) is 13.2 Å². The number of alkyl halides is 3. The number of aromatic nitrogens is 7. The lowest BCUT2D eigenvalue weighted by atomic mass is 10.1. The minimum absolute atomic E-state index is 0.0488. The van der Waals surface area contributed by atoms with Gasteiger partial charge in [0.15, 0.2) is 17.8 Å². The lowest BCUT2D eigenvalue weighted by molar-refractivity contribution is -0.207. The molecular weight excluding hydrogens is 527 g/mol. The number of hydrogen-bond acceptors (Lipinski definition) is 7. The quantitative estimate of drug-likeness (QED) is 0.303. The van der Waals surface area contributed by atoms with Gasteiger partial charge in [0.25, 0.3) is 0 Å². The summed E-state index contributed by atoms with van der Waals surface area (Å²) in [5, 5.41) is 18.5. The first-order valence-electron chi connectivity index (χ1n) is 11.2. The molecule has 0 aliphatic rings. The van der Waals surface area contributed by atoms with Crippen LogP contribution in [0, 0.1) is 0 Å². The van der Waals surface area contributed by atoms with Gasteiger partial charge in [0, 0.05) is 23.2 Å². The Labute approximate surface area is 218 Å². The van der Waals surface area contributed by atoms with Gasteiger partial charge in [-0.3, -0.25) is 14.3 Å². The number of benzene rings is 1. The SMILES string of the molecule is C=CCC(=O)Cc1ncccc1-n1cnc(Cn2nc(-c3ccc(Cl)cc3)n(C[C@H](O)C(F)(F)F)c2=O)n1. The first kappa shape index (κ1) is 26.9. The highest BCUT2D eigenvalue weighted by atomic mass is 35.5. The Morgan fingerprint density at radius 2 is 1.89 bits per heavy atom. The first-order chi connectivity index (χ1) is 18.1. The summed E-state index contributed by atoms with van der Waals surface area (Å²) in [6.45, 7) is 2.23. The average molecular weight is 548 g/mol. The van der Waals surface area contributed by atoms with Gasteiger partial charge < -0.3 is 5.11 Å². The molecule has 198 valence electrons. The van der Waals surface area contributed by atoms with Crippen LogP contribution in [-0.4, -0.2) is 57.3 Å². The highest BCUT2D eigenvalue weighted by Crippen LogP contribution is 2.24. The van der Waals surface area contributed by atoms with Crippen molar-refractivity contribution in [3.63, 3.8) is 0 Å². The normalized spacial score (nSPS) is 12.4. The third-order valence-corrected chi connectivity index (χ3v) is 5.69. The predicted octanol–water partition coefficient (Wildman–Crippen LogP) is 3.00. The molecule has 0 unspecified atom stereocenters. The Morgan fingerprint density at radius 1 is 1.16 bits per heavy atom. The minimum atomic E-state index is -4.94. The second-order valence-electron chi connectivity index (χ2n) is 8.22. The predicted molar refractivity (Wildman–Crippen MR) is 131 cm³/mol.